The van der Waals surface area contributed by atoms with Gasteiger partial charge in [-0.15, -0.1) is 0 Å². The summed E-state index contributed by atoms with van der Waals surface area (Å²) in [4.78, 5) is 0. The average Bonchev–Trinajstić information content (AvgIpc) is 2.62. The minimum absolute atomic E-state index is 0.284. The van der Waals surface area contributed by atoms with E-state index in [9.17, 15) is 5.11 Å². The minimum Gasteiger partial charge on any atom is -0.379 e. The van der Waals surface area contributed by atoms with Crippen molar-refractivity contribution >= 4 is 0 Å². The Labute approximate surface area is 137 Å². The second kappa shape index (κ2) is 9.43. The van der Waals surface area contributed by atoms with E-state index < -0.39 is 5.79 Å². The Morgan fingerprint density at radius 3 is 1.74 bits per heavy atom. The summed E-state index contributed by atoms with van der Waals surface area (Å²) in [6, 6.07) is 18.7. The van der Waals surface area contributed by atoms with E-state index in [0.717, 1.165) is 0 Å². The maximum absolute atomic E-state index is 11.1. The Morgan fingerprint density at radius 1 is 0.739 bits per heavy atom. The zero-order chi connectivity index (χ0) is 16.4. The van der Waals surface area contributed by atoms with Gasteiger partial charge in [0.15, 0.2) is 0 Å². The highest BCUT2D eigenvalue weighted by Crippen LogP contribution is 2.30. The van der Waals surface area contributed by atoms with Crippen LogP contribution >= 0.6 is 0 Å². The summed E-state index contributed by atoms with van der Waals surface area (Å²) in [7, 11) is 0. The predicted octanol–water partition coefficient (Wildman–Crippen LogP) is 2.95. The molecule has 0 saturated heterocycles. The van der Waals surface area contributed by atoms with Gasteiger partial charge in [-0.1, -0.05) is 60.7 Å². The lowest BCUT2D eigenvalue weighted by molar-refractivity contribution is -0.188. The molecule has 4 heteroatoms. The molecule has 0 bridgehead atoms. The van der Waals surface area contributed by atoms with Gasteiger partial charge in [0.25, 0.3) is 0 Å². The van der Waals surface area contributed by atoms with Gasteiger partial charge in [0.05, 0.1) is 26.4 Å². The van der Waals surface area contributed by atoms with E-state index in [-0.39, 0.29) is 6.61 Å². The van der Waals surface area contributed by atoms with Gasteiger partial charge in [0, 0.05) is 17.7 Å². The number of benzene rings is 2. The number of rotatable bonds is 10. The SMILES string of the molecule is CCOCCOCCOC(O)(c1ccccc1)c1ccccc1. The molecule has 2 rings (SSSR count). The first-order chi connectivity index (χ1) is 11.3. The van der Waals surface area contributed by atoms with Gasteiger partial charge in [-0.25, -0.2) is 0 Å². The highest BCUT2D eigenvalue weighted by Gasteiger charge is 2.32. The van der Waals surface area contributed by atoms with Crippen LogP contribution in [0.15, 0.2) is 60.7 Å². The normalized spacial score (nSPS) is 11.6. The molecule has 0 aromatic heterocycles. The van der Waals surface area contributed by atoms with Gasteiger partial charge in [-0.3, -0.25) is 0 Å². The van der Waals surface area contributed by atoms with Crippen LogP contribution in [0.2, 0.25) is 0 Å². The molecule has 4 nitrogen and oxygen atoms in total. The number of aliphatic hydroxyl groups is 1. The third kappa shape index (κ3) is 5.15. The summed E-state index contributed by atoms with van der Waals surface area (Å²) in [5, 5.41) is 11.1. The Balaban J connectivity index is 1.98. The van der Waals surface area contributed by atoms with Crippen molar-refractivity contribution in [3.8, 4) is 0 Å². The molecule has 23 heavy (non-hydrogen) atoms. The largest absolute Gasteiger partial charge is 0.379 e. The molecule has 0 aliphatic heterocycles. The number of hydrogen-bond donors (Lipinski definition) is 1. The van der Waals surface area contributed by atoms with E-state index in [1.54, 1.807) is 0 Å². The third-order valence-corrected chi connectivity index (χ3v) is 3.44. The highest BCUT2D eigenvalue weighted by molar-refractivity contribution is 5.33. The van der Waals surface area contributed by atoms with Gasteiger partial charge in [-0.2, -0.15) is 0 Å². The fourth-order valence-corrected chi connectivity index (χ4v) is 2.27. The van der Waals surface area contributed by atoms with Crippen LogP contribution in [-0.4, -0.2) is 38.1 Å². The fraction of sp³-hybridized carbons (Fsp3) is 0.368. The molecule has 0 amide bonds. The lowest BCUT2D eigenvalue weighted by Crippen LogP contribution is -2.32. The van der Waals surface area contributed by atoms with E-state index in [1.165, 1.54) is 0 Å². The Hall–Kier alpha value is -1.72. The lowest BCUT2D eigenvalue weighted by Gasteiger charge is -2.29. The Morgan fingerprint density at radius 2 is 1.22 bits per heavy atom. The summed E-state index contributed by atoms with van der Waals surface area (Å²) in [6.07, 6.45) is 0. The van der Waals surface area contributed by atoms with Crippen LogP contribution in [-0.2, 0) is 20.0 Å². The van der Waals surface area contributed by atoms with Gasteiger partial charge < -0.3 is 19.3 Å². The van der Waals surface area contributed by atoms with Gasteiger partial charge in [0.1, 0.15) is 0 Å². The second-order valence-electron chi connectivity index (χ2n) is 5.03. The van der Waals surface area contributed by atoms with E-state index in [1.807, 2.05) is 67.6 Å². The monoisotopic (exact) mass is 316 g/mol. The van der Waals surface area contributed by atoms with Crippen molar-refractivity contribution < 1.29 is 19.3 Å². The summed E-state index contributed by atoms with van der Waals surface area (Å²) >= 11 is 0. The van der Waals surface area contributed by atoms with Crippen molar-refractivity contribution in [2.75, 3.05) is 33.0 Å². The minimum atomic E-state index is -1.48. The van der Waals surface area contributed by atoms with Crippen LogP contribution < -0.4 is 0 Å². The Kier molecular flexibility index (Phi) is 7.23. The molecule has 0 unspecified atom stereocenters. The molecular formula is C19H24O4. The molecule has 124 valence electrons. The first-order valence-corrected chi connectivity index (χ1v) is 7.90. The highest BCUT2D eigenvalue weighted by atomic mass is 16.6. The van der Waals surface area contributed by atoms with E-state index in [0.29, 0.717) is 37.6 Å². The number of hydrogen-bond acceptors (Lipinski definition) is 4. The molecule has 0 saturated carbocycles. The molecule has 0 heterocycles. The van der Waals surface area contributed by atoms with Crippen molar-refractivity contribution in [3.63, 3.8) is 0 Å². The van der Waals surface area contributed by atoms with Crippen LogP contribution in [0.4, 0.5) is 0 Å². The maximum atomic E-state index is 11.1. The smallest absolute Gasteiger partial charge is 0.219 e. The zero-order valence-corrected chi connectivity index (χ0v) is 13.5. The van der Waals surface area contributed by atoms with Crippen LogP contribution in [0.5, 0.6) is 0 Å². The molecule has 0 spiro atoms. The summed E-state index contributed by atoms with van der Waals surface area (Å²) in [5.74, 6) is -1.48. The molecule has 0 radical (unpaired) electrons. The molecule has 0 atom stereocenters. The molecule has 0 aliphatic carbocycles. The summed E-state index contributed by atoms with van der Waals surface area (Å²) in [6.45, 7) is 4.40. The van der Waals surface area contributed by atoms with Crippen LogP contribution in [0.25, 0.3) is 0 Å². The number of ether oxygens (including phenoxy) is 3. The Bertz CT molecular complexity index is 502. The maximum Gasteiger partial charge on any atom is 0.219 e. The van der Waals surface area contributed by atoms with Crippen molar-refractivity contribution in [1.29, 1.82) is 0 Å². The van der Waals surface area contributed by atoms with Crippen LogP contribution in [0.3, 0.4) is 0 Å². The van der Waals surface area contributed by atoms with E-state index in [4.69, 9.17) is 14.2 Å². The van der Waals surface area contributed by atoms with Crippen molar-refractivity contribution in [2.45, 2.75) is 12.7 Å². The van der Waals surface area contributed by atoms with Gasteiger partial charge in [-0.05, 0) is 6.92 Å². The molecule has 2 aromatic rings. The van der Waals surface area contributed by atoms with Crippen molar-refractivity contribution in [2.24, 2.45) is 0 Å². The third-order valence-electron chi connectivity index (χ3n) is 3.44. The first-order valence-electron chi connectivity index (χ1n) is 7.90. The van der Waals surface area contributed by atoms with Crippen molar-refractivity contribution in [3.05, 3.63) is 71.8 Å². The van der Waals surface area contributed by atoms with Gasteiger partial charge >= 0.3 is 0 Å². The van der Waals surface area contributed by atoms with E-state index >= 15 is 0 Å². The fourth-order valence-electron chi connectivity index (χ4n) is 2.27. The predicted molar refractivity (Wildman–Crippen MR) is 89.1 cm³/mol. The standard InChI is InChI=1S/C19H24O4/c1-2-21-13-14-22-15-16-23-19(20,17-9-5-3-6-10-17)18-11-7-4-8-12-18/h3-12,20H,2,13-16H2,1H3. The lowest BCUT2D eigenvalue weighted by atomic mass is 9.97. The summed E-state index contributed by atoms with van der Waals surface area (Å²) in [5.41, 5.74) is 1.39. The van der Waals surface area contributed by atoms with Crippen LogP contribution in [0.1, 0.15) is 18.1 Å². The molecule has 0 fully saturated rings. The zero-order valence-electron chi connectivity index (χ0n) is 13.5. The van der Waals surface area contributed by atoms with Gasteiger partial charge in [0.2, 0.25) is 5.79 Å². The average molecular weight is 316 g/mol. The quantitative estimate of drug-likeness (QED) is 0.541. The topological polar surface area (TPSA) is 47.9 Å². The molecular weight excluding hydrogens is 292 g/mol. The summed E-state index contributed by atoms with van der Waals surface area (Å²) < 4.78 is 16.4. The van der Waals surface area contributed by atoms with Crippen molar-refractivity contribution in [1.82, 2.24) is 0 Å². The molecule has 1 N–H and O–H groups in total. The van der Waals surface area contributed by atoms with E-state index in [2.05, 4.69) is 0 Å². The van der Waals surface area contributed by atoms with Crippen LogP contribution in [0, 0.1) is 0 Å². The molecule has 0 aliphatic rings. The first kappa shape index (κ1) is 17.6. The molecule has 2 aromatic carbocycles. The second-order valence-corrected chi connectivity index (χ2v) is 5.03.